The van der Waals surface area contributed by atoms with Crippen molar-refractivity contribution in [2.45, 2.75) is 30.7 Å². The Morgan fingerprint density at radius 1 is 1.06 bits per heavy atom. The molecule has 1 amide bonds. The summed E-state index contributed by atoms with van der Waals surface area (Å²) in [6.45, 7) is 1.30. The molecule has 0 atom stereocenters. The number of halogens is 1. The van der Waals surface area contributed by atoms with E-state index in [4.69, 9.17) is 11.6 Å². The molecule has 2 aromatic carbocycles. The molecule has 0 unspecified atom stereocenters. The fourth-order valence-electron chi connectivity index (χ4n) is 3.57. The third kappa shape index (κ3) is 4.81. The van der Waals surface area contributed by atoms with Crippen LogP contribution in [0.5, 0.6) is 0 Å². The molecule has 7 nitrogen and oxygen atoms in total. The quantitative estimate of drug-likeness (QED) is 0.611. The summed E-state index contributed by atoms with van der Waals surface area (Å²) in [6, 6.07) is 12.0. The van der Waals surface area contributed by atoms with E-state index >= 15 is 0 Å². The number of carbonyl (C=O) groups is 1. The van der Waals surface area contributed by atoms with Gasteiger partial charge >= 0.3 is 0 Å². The molecule has 2 heterocycles. The Labute approximate surface area is 186 Å². The van der Waals surface area contributed by atoms with E-state index in [1.807, 2.05) is 35.0 Å². The molecular weight excluding hydrogens is 436 g/mol. The monoisotopic (exact) mass is 458 g/mol. The number of hydrogen-bond acceptors (Lipinski definition) is 4. The summed E-state index contributed by atoms with van der Waals surface area (Å²) in [5.41, 5.74) is 2.02. The van der Waals surface area contributed by atoms with Gasteiger partial charge < -0.3 is 9.88 Å². The Hall–Kier alpha value is -2.68. The number of rotatable bonds is 6. The fraction of sp³-hybridized carbons (Fsp3) is 0.273. The van der Waals surface area contributed by atoms with Gasteiger partial charge in [0.2, 0.25) is 10.0 Å². The summed E-state index contributed by atoms with van der Waals surface area (Å²) in [4.78, 5) is 16.8. The van der Waals surface area contributed by atoms with Crippen LogP contribution in [-0.2, 0) is 16.6 Å². The average molecular weight is 459 g/mol. The third-order valence-corrected chi connectivity index (χ3v) is 7.55. The highest BCUT2D eigenvalue weighted by atomic mass is 35.5. The number of hydrogen-bond donors (Lipinski definition) is 1. The lowest BCUT2D eigenvalue weighted by Crippen LogP contribution is -2.35. The predicted molar refractivity (Wildman–Crippen MR) is 119 cm³/mol. The van der Waals surface area contributed by atoms with Crippen molar-refractivity contribution in [2.75, 3.05) is 13.1 Å². The molecule has 3 aromatic rings. The second-order valence-corrected chi connectivity index (χ2v) is 9.77. The van der Waals surface area contributed by atoms with Crippen LogP contribution in [0.25, 0.3) is 5.69 Å². The van der Waals surface area contributed by atoms with Crippen molar-refractivity contribution in [2.24, 2.45) is 0 Å². The fourth-order valence-corrected chi connectivity index (χ4v) is 5.32. The topological polar surface area (TPSA) is 84.3 Å². The summed E-state index contributed by atoms with van der Waals surface area (Å²) >= 11 is 6.21. The van der Waals surface area contributed by atoms with Crippen LogP contribution in [0, 0.1) is 0 Å². The molecule has 1 N–H and O–H groups in total. The van der Waals surface area contributed by atoms with Crippen LogP contribution >= 0.6 is 11.6 Å². The van der Waals surface area contributed by atoms with Crippen LogP contribution in [0.15, 0.2) is 66.1 Å². The minimum absolute atomic E-state index is 0.0913. The van der Waals surface area contributed by atoms with E-state index in [1.165, 1.54) is 22.5 Å². The Kier molecular flexibility index (Phi) is 6.41. The summed E-state index contributed by atoms with van der Waals surface area (Å²) < 4.78 is 29.2. The number of benzene rings is 2. The summed E-state index contributed by atoms with van der Waals surface area (Å²) in [5, 5.41) is 3.03. The van der Waals surface area contributed by atoms with Crippen LogP contribution in [0.1, 0.15) is 35.2 Å². The highest BCUT2D eigenvalue weighted by Crippen LogP contribution is 2.25. The van der Waals surface area contributed by atoms with Gasteiger partial charge in [0.05, 0.1) is 21.8 Å². The van der Waals surface area contributed by atoms with Crippen molar-refractivity contribution in [1.82, 2.24) is 19.2 Å². The molecule has 1 aromatic heterocycles. The number of sulfonamides is 1. The van der Waals surface area contributed by atoms with E-state index in [-0.39, 0.29) is 15.5 Å². The van der Waals surface area contributed by atoms with Crippen molar-refractivity contribution >= 4 is 27.5 Å². The maximum absolute atomic E-state index is 12.9. The molecule has 0 spiro atoms. The first-order valence-electron chi connectivity index (χ1n) is 10.1. The molecule has 9 heteroatoms. The van der Waals surface area contributed by atoms with Gasteiger partial charge in [-0.25, -0.2) is 13.4 Å². The van der Waals surface area contributed by atoms with Crippen LogP contribution in [-0.4, -0.2) is 41.3 Å². The molecule has 0 bridgehead atoms. The first-order chi connectivity index (χ1) is 14.9. The Morgan fingerprint density at radius 2 is 1.81 bits per heavy atom. The van der Waals surface area contributed by atoms with Crippen molar-refractivity contribution in [1.29, 1.82) is 0 Å². The molecule has 1 aliphatic heterocycles. The maximum Gasteiger partial charge on any atom is 0.253 e. The molecule has 1 fully saturated rings. The van der Waals surface area contributed by atoms with Gasteiger partial charge in [0, 0.05) is 37.7 Å². The molecule has 31 heavy (non-hydrogen) atoms. The van der Waals surface area contributed by atoms with Gasteiger partial charge in [0.1, 0.15) is 0 Å². The van der Waals surface area contributed by atoms with Gasteiger partial charge in [-0.15, -0.1) is 0 Å². The maximum atomic E-state index is 12.9. The zero-order valence-electron chi connectivity index (χ0n) is 16.9. The van der Waals surface area contributed by atoms with Crippen molar-refractivity contribution in [3.8, 4) is 5.69 Å². The normalized spacial score (nSPS) is 15.0. The van der Waals surface area contributed by atoms with E-state index in [9.17, 15) is 13.2 Å². The molecule has 0 saturated carbocycles. The van der Waals surface area contributed by atoms with Gasteiger partial charge in [-0.2, -0.15) is 4.31 Å². The summed E-state index contributed by atoms with van der Waals surface area (Å²) in [7, 11) is -3.64. The Balaban J connectivity index is 1.46. The van der Waals surface area contributed by atoms with Crippen molar-refractivity contribution in [3.05, 3.63) is 77.3 Å². The molecule has 162 valence electrons. The highest BCUT2D eigenvalue weighted by Gasteiger charge is 2.27. The van der Waals surface area contributed by atoms with E-state index in [1.54, 1.807) is 12.5 Å². The second-order valence-electron chi connectivity index (χ2n) is 7.43. The van der Waals surface area contributed by atoms with Crippen LogP contribution < -0.4 is 5.32 Å². The Morgan fingerprint density at radius 3 is 2.48 bits per heavy atom. The molecule has 1 aliphatic rings. The first kappa shape index (κ1) is 21.5. The van der Waals surface area contributed by atoms with Crippen molar-refractivity contribution in [3.63, 3.8) is 0 Å². The summed E-state index contributed by atoms with van der Waals surface area (Å²) in [5.74, 6) is -0.417. The second kappa shape index (κ2) is 9.21. The number of amides is 1. The Bertz CT molecular complexity index is 1160. The average Bonchev–Trinajstić information content (AvgIpc) is 3.33. The van der Waals surface area contributed by atoms with E-state index in [0.717, 1.165) is 30.5 Å². The number of nitrogens with zero attached hydrogens (tertiary/aromatic N) is 3. The zero-order chi connectivity index (χ0) is 21.8. The van der Waals surface area contributed by atoms with Gasteiger partial charge in [0.25, 0.3) is 5.91 Å². The van der Waals surface area contributed by atoms with Gasteiger partial charge in [0.15, 0.2) is 0 Å². The standard InChI is InChI=1S/C22H23ClN4O3S/c23-21-9-8-19(31(29,30)27-11-2-1-3-12-27)14-20(21)22(28)25-15-17-4-6-18(7-5-17)26-13-10-24-16-26/h4-10,13-14,16H,1-3,11-12,15H2,(H,25,28). The van der Waals surface area contributed by atoms with Crippen LogP contribution in [0.2, 0.25) is 5.02 Å². The third-order valence-electron chi connectivity index (χ3n) is 5.33. The van der Waals surface area contributed by atoms with E-state index in [2.05, 4.69) is 10.3 Å². The number of aromatic nitrogens is 2. The molecular formula is C22H23ClN4O3S. The molecule has 0 radical (unpaired) electrons. The van der Waals surface area contributed by atoms with Gasteiger partial charge in [-0.3, -0.25) is 4.79 Å². The van der Waals surface area contributed by atoms with Crippen LogP contribution in [0.3, 0.4) is 0 Å². The number of nitrogens with one attached hydrogen (secondary N) is 1. The summed E-state index contributed by atoms with van der Waals surface area (Å²) in [6.07, 6.45) is 7.99. The minimum atomic E-state index is -3.64. The number of imidazole rings is 1. The minimum Gasteiger partial charge on any atom is -0.348 e. The van der Waals surface area contributed by atoms with Gasteiger partial charge in [-0.1, -0.05) is 30.2 Å². The van der Waals surface area contributed by atoms with Gasteiger partial charge in [-0.05, 0) is 48.7 Å². The number of piperidine rings is 1. The highest BCUT2D eigenvalue weighted by molar-refractivity contribution is 7.89. The molecule has 4 rings (SSSR count). The molecule has 0 aliphatic carbocycles. The predicted octanol–water partition coefficient (Wildman–Crippen LogP) is 3.63. The largest absolute Gasteiger partial charge is 0.348 e. The first-order valence-corrected chi connectivity index (χ1v) is 11.9. The zero-order valence-corrected chi connectivity index (χ0v) is 18.4. The number of carbonyl (C=O) groups excluding carboxylic acids is 1. The smallest absolute Gasteiger partial charge is 0.253 e. The van der Waals surface area contributed by atoms with E-state index < -0.39 is 15.9 Å². The van der Waals surface area contributed by atoms with E-state index in [0.29, 0.717) is 19.6 Å². The lowest BCUT2D eigenvalue weighted by Gasteiger charge is -2.26. The molecule has 1 saturated heterocycles. The lowest BCUT2D eigenvalue weighted by molar-refractivity contribution is 0.0951. The SMILES string of the molecule is O=C(NCc1ccc(-n2ccnc2)cc1)c1cc(S(=O)(=O)N2CCCCC2)ccc1Cl. The lowest BCUT2D eigenvalue weighted by atomic mass is 10.1. The van der Waals surface area contributed by atoms with Crippen LogP contribution in [0.4, 0.5) is 0 Å². The van der Waals surface area contributed by atoms with Crippen molar-refractivity contribution < 1.29 is 13.2 Å².